The predicted octanol–water partition coefficient (Wildman–Crippen LogP) is 1.98. The van der Waals surface area contributed by atoms with Gasteiger partial charge in [-0.2, -0.15) is 0 Å². The largest absolute Gasteiger partial charge is 0.480 e. The Morgan fingerprint density at radius 2 is 2.12 bits per heavy atom. The van der Waals surface area contributed by atoms with Gasteiger partial charge >= 0.3 is 0 Å². The van der Waals surface area contributed by atoms with Crippen molar-refractivity contribution >= 4 is 11.0 Å². The minimum atomic E-state index is -0.143. The van der Waals surface area contributed by atoms with E-state index in [9.17, 15) is 0 Å². The van der Waals surface area contributed by atoms with Crippen LogP contribution in [0.2, 0.25) is 0 Å². The standard InChI is InChI=1S/C13H15N3O/c1-17-12-8-15-11-7-9(3-4-10(11)16-12)13(14)5-2-6-13/h3-4,7-8H,2,5-6,14H2,1H3. The van der Waals surface area contributed by atoms with E-state index < -0.39 is 0 Å². The maximum Gasteiger partial charge on any atom is 0.232 e. The number of nitrogens with two attached hydrogens (primary N) is 1. The Bertz CT molecular complexity index is 564. The molecule has 0 radical (unpaired) electrons. The van der Waals surface area contributed by atoms with Gasteiger partial charge in [0.15, 0.2) is 0 Å². The minimum absolute atomic E-state index is 0.143. The van der Waals surface area contributed by atoms with Crippen LogP contribution in [0.4, 0.5) is 0 Å². The fourth-order valence-corrected chi connectivity index (χ4v) is 2.25. The lowest BCUT2D eigenvalue weighted by Crippen LogP contribution is -2.43. The fraction of sp³-hybridized carbons (Fsp3) is 0.385. The van der Waals surface area contributed by atoms with E-state index in [1.165, 1.54) is 6.42 Å². The maximum atomic E-state index is 6.30. The molecule has 0 atom stereocenters. The van der Waals surface area contributed by atoms with Crippen LogP contribution < -0.4 is 10.5 Å². The van der Waals surface area contributed by atoms with Gasteiger partial charge in [0.05, 0.1) is 24.3 Å². The molecule has 1 aromatic carbocycles. The van der Waals surface area contributed by atoms with E-state index >= 15 is 0 Å². The van der Waals surface area contributed by atoms with Gasteiger partial charge in [-0.05, 0) is 37.0 Å². The van der Waals surface area contributed by atoms with Crippen LogP contribution in [-0.4, -0.2) is 17.1 Å². The Hall–Kier alpha value is -1.68. The molecule has 1 saturated carbocycles. The van der Waals surface area contributed by atoms with E-state index in [0.717, 1.165) is 29.4 Å². The van der Waals surface area contributed by atoms with Gasteiger partial charge in [0, 0.05) is 5.54 Å². The highest BCUT2D eigenvalue weighted by atomic mass is 16.5. The zero-order chi connectivity index (χ0) is 11.9. The molecule has 1 aliphatic rings. The highest BCUT2D eigenvalue weighted by molar-refractivity contribution is 5.75. The molecule has 17 heavy (non-hydrogen) atoms. The highest BCUT2D eigenvalue weighted by Gasteiger charge is 2.34. The summed E-state index contributed by atoms with van der Waals surface area (Å²) >= 11 is 0. The van der Waals surface area contributed by atoms with E-state index in [2.05, 4.69) is 16.0 Å². The molecular weight excluding hydrogens is 214 g/mol. The van der Waals surface area contributed by atoms with Gasteiger partial charge in [-0.15, -0.1) is 0 Å². The van der Waals surface area contributed by atoms with Gasteiger partial charge < -0.3 is 10.5 Å². The Labute approximate surface area is 99.8 Å². The third-order valence-electron chi connectivity index (χ3n) is 3.55. The molecule has 0 unspecified atom stereocenters. The van der Waals surface area contributed by atoms with E-state index in [1.807, 2.05) is 12.1 Å². The molecule has 2 N–H and O–H groups in total. The highest BCUT2D eigenvalue weighted by Crippen LogP contribution is 2.39. The summed E-state index contributed by atoms with van der Waals surface area (Å²) in [6.45, 7) is 0. The average molecular weight is 229 g/mol. The van der Waals surface area contributed by atoms with Gasteiger partial charge in [0.1, 0.15) is 0 Å². The van der Waals surface area contributed by atoms with E-state index in [0.29, 0.717) is 5.88 Å². The second-order valence-corrected chi connectivity index (χ2v) is 4.63. The normalized spacial score (nSPS) is 17.8. The van der Waals surface area contributed by atoms with Crippen molar-refractivity contribution in [1.82, 2.24) is 9.97 Å². The molecule has 0 aliphatic heterocycles. The summed E-state index contributed by atoms with van der Waals surface area (Å²) in [4.78, 5) is 8.68. The quantitative estimate of drug-likeness (QED) is 0.855. The number of rotatable bonds is 2. The average Bonchev–Trinajstić information content (AvgIpc) is 2.34. The van der Waals surface area contributed by atoms with Gasteiger partial charge in [0.2, 0.25) is 5.88 Å². The van der Waals surface area contributed by atoms with Crippen molar-refractivity contribution in [3.05, 3.63) is 30.0 Å². The molecular formula is C13H15N3O. The summed E-state index contributed by atoms with van der Waals surface area (Å²) < 4.78 is 5.05. The second-order valence-electron chi connectivity index (χ2n) is 4.63. The molecule has 0 amide bonds. The number of hydrogen-bond donors (Lipinski definition) is 1. The van der Waals surface area contributed by atoms with Gasteiger partial charge in [-0.3, -0.25) is 0 Å². The lowest BCUT2D eigenvalue weighted by Gasteiger charge is -2.38. The molecule has 88 valence electrons. The molecule has 1 heterocycles. The zero-order valence-electron chi connectivity index (χ0n) is 9.81. The first-order chi connectivity index (χ1) is 8.21. The summed E-state index contributed by atoms with van der Waals surface area (Å²) in [5.41, 5.74) is 9.04. The summed E-state index contributed by atoms with van der Waals surface area (Å²) in [7, 11) is 1.59. The molecule has 0 bridgehead atoms. The number of aromatic nitrogens is 2. The number of methoxy groups -OCH3 is 1. The first-order valence-corrected chi connectivity index (χ1v) is 5.81. The van der Waals surface area contributed by atoms with E-state index in [4.69, 9.17) is 10.5 Å². The van der Waals surface area contributed by atoms with Crippen molar-refractivity contribution < 1.29 is 4.74 Å². The maximum absolute atomic E-state index is 6.30. The Morgan fingerprint density at radius 1 is 1.29 bits per heavy atom. The lowest BCUT2D eigenvalue weighted by molar-refractivity contribution is 0.254. The van der Waals surface area contributed by atoms with Crippen LogP contribution in [-0.2, 0) is 5.54 Å². The lowest BCUT2D eigenvalue weighted by atomic mass is 9.73. The molecule has 1 aliphatic carbocycles. The van der Waals surface area contributed by atoms with Crippen molar-refractivity contribution in [2.45, 2.75) is 24.8 Å². The fourth-order valence-electron chi connectivity index (χ4n) is 2.25. The molecule has 3 rings (SSSR count). The van der Waals surface area contributed by atoms with E-state index in [-0.39, 0.29) is 5.54 Å². The molecule has 4 nitrogen and oxygen atoms in total. The molecule has 2 aromatic rings. The van der Waals surface area contributed by atoms with Crippen LogP contribution in [0, 0.1) is 0 Å². The van der Waals surface area contributed by atoms with Crippen molar-refractivity contribution in [2.24, 2.45) is 5.73 Å². The smallest absolute Gasteiger partial charge is 0.232 e. The van der Waals surface area contributed by atoms with Gasteiger partial charge in [0.25, 0.3) is 0 Å². The summed E-state index contributed by atoms with van der Waals surface area (Å²) in [6.07, 6.45) is 4.96. The van der Waals surface area contributed by atoms with Crippen LogP contribution >= 0.6 is 0 Å². The first-order valence-electron chi connectivity index (χ1n) is 5.81. The third kappa shape index (κ3) is 1.65. The van der Waals surface area contributed by atoms with Crippen molar-refractivity contribution in [1.29, 1.82) is 0 Å². The predicted molar refractivity (Wildman–Crippen MR) is 65.8 cm³/mol. The van der Waals surface area contributed by atoms with Crippen LogP contribution in [0.5, 0.6) is 5.88 Å². The molecule has 4 heteroatoms. The van der Waals surface area contributed by atoms with Crippen LogP contribution in [0.15, 0.2) is 24.4 Å². The van der Waals surface area contributed by atoms with Gasteiger partial charge in [-0.25, -0.2) is 9.97 Å². The molecule has 1 aromatic heterocycles. The number of nitrogens with zero attached hydrogens (tertiary/aromatic N) is 2. The zero-order valence-corrected chi connectivity index (χ0v) is 9.81. The summed E-state index contributed by atoms with van der Waals surface area (Å²) in [5.74, 6) is 0.538. The van der Waals surface area contributed by atoms with Crippen LogP contribution in [0.1, 0.15) is 24.8 Å². The molecule has 0 saturated heterocycles. The summed E-state index contributed by atoms with van der Waals surface area (Å²) in [5, 5.41) is 0. The Balaban J connectivity index is 2.07. The molecule has 0 spiro atoms. The van der Waals surface area contributed by atoms with Crippen LogP contribution in [0.3, 0.4) is 0 Å². The number of benzene rings is 1. The summed E-state index contributed by atoms with van der Waals surface area (Å²) in [6, 6.07) is 6.06. The second kappa shape index (κ2) is 3.67. The Morgan fingerprint density at radius 3 is 2.76 bits per heavy atom. The number of ether oxygens (including phenoxy) is 1. The van der Waals surface area contributed by atoms with Crippen molar-refractivity contribution in [2.75, 3.05) is 7.11 Å². The Kier molecular flexibility index (Phi) is 2.26. The number of hydrogen-bond acceptors (Lipinski definition) is 4. The molecule has 1 fully saturated rings. The first kappa shape index (κ1) is 10.5. The minimum Gasteiger partial charge on any atom is -0.480 e. The van der Waals surface area contributed by atoms with Crippen LogP contribution in [0.25, 0.3) is 11.0 Å². The number of fused-ring (bicyclic) bond motifs is 1. The van der Waals surface area contributed by atoms with Gasteiger partial charge in [-0.1, -0.05) is 6.07 Å². The van der Waals surface area contributed by atoms with E-state index in [1.54, 1.807) is 13.3 Å². The third-order valence-corrected chi connectivity index (χ3v) is 3.55. The SMILES string of the molecule is COc1cnc2cc(C3(N)CCC3)ccc2n1. The van der Waals surface area contributed by atoms with Crippen molar-refractivity contribution in [3.63, 3.8) is 0 Å². The topological polar surface area (TPSA) is 61.0 Å². The van der Waals surface area contributed by atoms with Crippen molar-refractivity contribution in [3.8, 4) is 5.88 Å². The monoisotopic (exact) mass is 229 g/mol.